The summed E-state index contributed by atoms with van der Waals surface area (Å²) in [5.74, 6) is 7.45. The summed E-state index contributed by atoms with van der Waals surface area (Å²) >= 11 is 0. The lowest BCUT2D eigenvalue weighted by Gasteiger charge is -2.24. The molecule has 0 fully saturated rings. The molecular weight excluding hydrogens is 228 g/mol. The molecule has 0 aliphatic carbocycles. The Labute approximate surface area is 108 Å². The van der Waals surface area contributed by atoms with E-state index in [0.29, 0.717) is 0 Å². The van der Waals surface area contributed by atoms with Crippen molar-refractivity contribution in [2.45, 2.75) is 25.8 Å². The van der Waals surface area contributed by atoms with Gasteiger partial charge in [-0.25, -0.2) is 5.43 Å². The van der Waals surface area contributed by atoms with Crippen LogP contribution in [0.25, 0.3) is 0 Å². The molecule has 0 radical (unpaired) electrons. The SMILES string of the molecule is COc1ccc(C(NN)C2=CCCCO2)cc1C. The number of aryl methyl sites for hydroxylation is 1. The van der Waals surface area contributed by atoms with Crippen LogP contribution in [-0.2, 0) is 4.74 Å². The molecule has 1 aliphatic heterocycles. The summed E-state index contributed by atoms with van der Waals surface area (Å²) in [5, 5.41) is 0. The van der Waals surface area contributed by atoms with E-state index in [1.807, 2.05) is 19.1 Å². The van der Waals surface area contributed by atoms with Crippen molar-refractivity contribution in [3.63, 3.8) is 0 Å². The number of hydrazine groups is 1. The molecule has 4 nitrogen and oxygen atoms in total. The molecule has 0 amide bonds. The van der Waals surface area contributed by atoms with Crippen LogP contribution in [0.3, 0.4) is 0 Å². The van der Waals surface area contributed by atoms with E-state index in [1.54, 1.807) is 7.11 Å². The molecule has 0 aromatic heterocycles. The predicted molar refractivity (Wildman–Crippen MR) is 71.1 cm³/mol. The van der Waals surface area contributed by atoms with Gasteiger partial charge in [0, 0.05) is 0 Å². The second-order valence-corrected chi connectivity index (χ2v) is 4.43. The maximum absolute atomic E-state index is 5.67. The molecular formula is C14H20N2O2. The van der Waals surface area contributed by atoms with Crippen LogP contribution < -0.4 is 16.0 Å². The second-order valence-electron chi connectivity index (χ2n) is 4.43. The van der Waals surface area contributed by atoms with Crippen LogP contribution in [-0.4, -0.2) is 13.7 Å². The molecule has 0 spiro atoms. The first-order valence-electron chi connectivity index (χ1n) is 6.19. The van der Waals surface area contributed by atoms with Crippen LogP contribution in [0.2, 0.25) is 0 Å². The minimum Gasteiger partial charge on any atom is -0.496 e. The fraction of sp³-hybridized carbons (Fsp3) is 0.429. The lowest BCUT2D eigenvalue weighted by atomic mass is 10.0. The Bertz CT molecular complexity index is 443. The van der Waals surface area contributed by atoms with Crippen molar-refractivity contribution in [3.8, 4) is 5.75 Å². The Morgan fingerprint density at radius 2 is 2.28 bits per heavy atom. The van der Waals surface area contributed by atoms with Gasteiger partial charge in [-0.15, -0.1) is 0 Å². The van der Waals surface area contributed by atoms with Gasteiger partial charge in [-0.3, -0.25) is 5.84 Å². The van der Waals surface area contributed by atoms with Gasteiger partial charge in [0.15, 0.2) is 0 Å². The predicted octanol–water partition coefficient (Wildman–Crippen LogP) is 2.20. The molecule has 1 heterocycles. The summed E-state index contributed by atoms with van der Waals surface area (Å²) in [6.45, 7) is 2.78. The fourth-order valence-electron chi connectivity index (χ4n) is 2.20. The van der Waals surface area contributed by atoms with Crippen LogP contribution in [0.5, 0.6) is 5.75 Å². The first-order valence-corrected chi connectivity index (χ1v) is 6.19. The van der Waals surface area contributed by atoms with Crippen LogP contribution in [0, 0.1) is 6.92 Å². The minimum atomic E-state index is -0.0880. The van der Waals surface area contributed by atoms with Crippen molar-refractivity contribution in [2.75, 3.05) is 13.7 Å². The van der Waals surface area contributed by atoms with Crippen LogP contribution in [0.15, 0.2) is 30.0 Å². The monoisotopic (exact) mass is 248 g/mol. The molecule has 1 aromatic rings. The molecule has 1 atom stereocenters. The summed E-state index contributed by atoms with van der Waals surface area (Å²) in [7, 11) is 1.67. The minimum absolute atomic E-state index is 0.0880. The number of nitrogens with two attached hydrogens (primary N) is 1. The van der Waals surface area contributed by atoms with Crippen LogP contribution in [0.1, 0.15) is 30.0 Å². The van der Waals surface area contributed by atoms with Crippen molar-refractivity contribution < 1.29 is 9.47 Å². The van der Waals surface area contributed by atoms with Crippen LogP contribution in [0.4, 0.5) is 0 Å². The molecule has 1 aliphatic rings. The quantitative estimate of drug-likeness (QED) is 0.633. The smallest absolute Gasteiger partial charge is 0.121 e. The van der Waals surface area contributed by atoms with Crippen molar-refractivity contribution in [2.24, 2.45) is 5.84 Å². The topological polar surface area (TPSA) is 56.5 Å². The van der Waals surface area contributed by atoms with Gasteiger partial charge in [-0.2, -0.15) is 0 Å². The summed E-state index contributed by atoms with van der Waals surface area (Å²) in [5.41, 5.74) is 5.00. The van der Waals surface area contributed by atoms with E-state index in [-0.39, 0.29) is 6.04 Å². The molecule has 98 valence electrons. The first-order chi connectivity index (χ1) is 8.76. The number of hydrogen-bond acceptors (Lipinski definition) is 4. The number of nitrogens with one attached hydrogen (secondary N) is 1. The number of methoxy groups -OCH3 is 1. The highest BCUT2D eigenvalue weighted by atomic mass is 16.5. The molecule has 1 unspecified atom stereocenters. The van der Waals surface area contributed by atoms with Gasteiger partial charge in [0.25, 0.3) is 0 Å². The molecule has 0 bridgehead atoms. The second kappa shape index (κ2) is 5.89. The Balaban J connectivity index is 2.27. The number of rotatable bonds is 4. The van der Waals surface area contributed by atoms with Gasteiger partial charge in [-0.05, 0) is 43.0 Å². The maximum Gasteiger partial charge on any atom is 0.121 e. The summed E-state index contributed by atoms with van der Waals surface area (Å²) in [4.78, 5) is 0. The normalized spacial score (nSPS) is 16.7. The third-order valence-electron chi connectivity index (χ3n) is 3.17. The number of benzene rings is 1. The summed E-state index contributed by atoms with van der Waals surface area (Å²) in [6.07, 6.45) is 4.22. The fourth-order valence-corrected chi connectivity index (χ4v) is 2.20. The van der Waals surface area contributed by atoms with Gasteiger partial charge in [-0.1, -0.05) is 12.1 Å². The van der Waals surface area contributed by atoms with Gasteiger partial charge < -0.3 is 9.47 Å². The number of allylic oxidation sites excluding steroid dienone is 1. The first kappa shape index (κ1) is 12.9. The molecule has 4 heteroatoms. The van der Waals surface area contributed by atoms with E-state index >= 15 is 0 Å². The highest BCUT2D eigenvalue weighted by molar-refractivity contribution is 5.39. The molecule has 1 aromatic carbocycles. The Morgan fingerprint density at radius 3 is 2.83 bits per heavy atom. The van der Waals surface area contributed by atoms with E-state index in [4.69, 9.17) is 15.3 Å². The lowest BCUT2D eigenvalue weighted by molar-refractivity contribution is 0.168. The maximum atomic E-state index is 5.67. The Kier molecular flexibility index (Phi) is 4.23. The summed E-state index contributed by atoms with van der Waals surface area (Å²) < 4.78 is 10.9. The standard InChI is InChI=1S/C14H20N2O2/c1-10-9-11(6-7-12(10)17-2)14(16-15)13-5-3-4-8-18-13/h5-7,9,14,16H,3-4,8,15H2,1-2H3. The van der Waals surface area contributed by atoms with Crippen LogP contribution >= 0.6 is 0 Å². The van der Waals surface area contributed by atoms with Gasteiger partial charge in [0.05, 0.1) is 13.7 Å². The molecule has 2 rings (SSSR count). The summed E-state index contributed by atoms with van der Waals surface area (Å²) in [6, 6.07) is 5.95. The van der Waals surface area contributed by atoms with Gasteiger partial charge >= 0.3 is 0 Å². The average Bonchev–Trinajstić information content (AvgIpc) is 2.41. The number of ether oxygens (including phenoxy) is 2. The van der Waals surface area contributed by atoms with E-state index in [1.165, 1.54) is 0 Å². The largest absolute Gasteiger partial charge is 0.496 e. The third-order valence-corrected chi connectivity index (χ3v) is 3.17. The highest BCUT2D eigenvalue weighted by Crippen LogP contribution is 2.28. The Morgan fingerprint density at radius 1 is 1.44 bits per heavy atom. The van der Waals surface area contributed by atoms with Gasteiger partial charge in [0.1, 0.15) is 17.6 Å². The average molecular weight is 248 g/mol. The van der Waals surface area contributed by atoms with Crippen molar-refractivity contribution in [1.29, 1.82) is 0 Å². The van der Waals surface area contributed by atoms with E-state index in [9.17, 15) is 0 Å². The van der Waals surface area contributed by atoms with E-state index < -0.39 is 0 Å². The van der Waals surface area contributed by atoms with Crippen molar-refractivity contribution in [3.05, 3.63) is 41.2 Å². The van der Waals surface area contributed by atoms with E-state index in [2.05, 4.69) is 17.6 Å². The molecule has 0 saturated carbocycles. The lowest BCUT2D eigenvalue weighted by Crippen LogP contribution is -2.31. The zero-order valence-corrected chi connectivity index (χ0v) is 10.9. The van der Waals surface area contributed by atoms with Crippen molar-refractivity contribution >= 4 is 0 Å². The van der Waals surface area contributed by atoms with Crippen molar-refractivity contribution in [1.82, 2.24) is 5.43 Å². The number of hydrogen-bond donors (Lipinski definition) is 2. The highest BCUT2D eigenvalue weighted by Gasteiger charge is 2.19. The van der Waals surface area contributed by atoms with Gasteiger partial charge in [0.2, 0.25) is 0 Å². The molecule has 0 saturated heterocycles. The Hall–Kier alpha value is -1.52. The zero-order valence-electron chi connectivity index (χ0n) is 10.9. The third kappa shape index (κ3) is 2.66. The molecule has 18 heavy (non-hydrogen) atoms. The van der Waals surface area contributed by atoms with E-state index in [0.717, 1.165) is 42.1 Å². The molecule has 3 N–H and O–H groups in total. The zero-order chi connectivity index (χ0) is 13.0.